The van der Waals surface area contributed by atoms with Crippen molar-refractivity contribution in [1.82, 2.24) is 0 Å². The van der Waals surface area contributed by atoms with Crippen LogP contribution in [0.2, 0.25) is 5.02 Å². The molecule has 96 valence electrons. The van der Waals surface area contributed by atoms with E-state index >= 15 is 0 Å². The van der Waals surface area contributed by atoms with Crippen molar-refractivity contribution in [3.63, 3.8) is 0 Å². The van der Waals surface area contributed by atoms with E-state index in [1.54, 1.807) is 18.2 Å². The van der Waals surface area contributed by atoms with Gasteiger partial charge in [0.2, 0.25) is 10.0 Å². The number of rotatable bonds is 5. The zero-order valence-electron chi connectivity index (χ0n) is 9.70. The smallest absolute Gasteiger partial charge is 0.232 e. The Balaban J connectivity index is 2.79. The minimum Gasteiger partial charge on any atom is -0.282 e. The highest BCUT2D eigenvalue weighted by Gasteiger charge is 2.13. The Morgan fingerprint density at radius 3 is 2.65 bits per heavy atom. The first kappa shape index (κ1) is 14.8. The molecular formula is C11H15BrClNO2S. The summed E-state index contributed by atoms with van der Waals surface area (Å²) in [5, 5.41) is 0.390. The van der Waals surface area contributed by atoms with Crippen molar-refractivity contribution >= 4 is 43.2 Å². The summed E-state index contributed by atoms with van der Waals surface area (Å²) in [7, 11) is -3.32. The minimum atomic E-state index is -3.32. The first-order valence-corrected chi connectivity index (χ1v) is 8.08. The fourth-order valence-corrected chi connectivity index (χ4v) is 3.15. The van der Waals surface area contributed by atoms with Crippen molar-refractivity contribution in [3.05, 3.63) is 27.7 Å². The first-order chi connectivity index (χ1) is 7.80. The maximum atomic E-state index is 11.8. The van der Waals surface area contributed by atoms with E-state index in [0.717, 1.165) is 4.47 Å². The predicted octanol–water partition coefficient (Wildman–Crippen LogP) is 3.89. The summed E-state index contributed by atoms with van der Waals surface area (Å²) in [5.41, 5.74) is 0.407. The van der Waals surface area contributed by atoms with Crippen LogP contribution in [0.1, 0.15) is 20.3 Å². The average molecular weight is 341 g/mol. The molecule has 0 saturated heterocycles. The van der Waals surface area contributed by atoms with Crippen molar-refractivity contribution in [1.29, 1.82) is 0 Å². The van der Waals surface area contributed by atoms with Crippen molar-refractivity contribution in [2.45, 2.75) is 20.3 Å². The Morgan fingerprint density at radius 1 is 1.41 bits per heavy atom. The lowest BCUT2D eigenvalue weighted by atomic mass is 10.2. The number of halogens is 2. The molecule has 0 spiro atoms. The SMILES string of the molecule is CC(C)CCS(=O)(=O)Nc1cc(Br)ccc1Cl. The van der Waals surface area contributed by atoms with Crippen molar-refractivity contribution in [2.24, 2.45) is 5.92 Å². The highest BCUT2D eigenvalue weighted by Crippen LogP contribution is 2.26. The Kier molecular flexibility index (Phi) is 5.28. The molecule has 0 aliphatic heterocycles. The zero-order chi connectivity index (χ0) is 13.1. The van der Waals surface area contributed by atoms with Gasteiger partial charge < -0.3 is 0 Å². The second kappa shape index (κ2) is 6.07. The van der Waals surface area contributed by atoms with Gasteiger partial charge in [0.05, 0.1) is 16.5 Å². The van der Waals surface area contributed by atoms with Gasteiger partial charge in [0.15, 0.2) is 0 Å². The summed E-state index contributed by atoms with van der Waals surface area (Å²) in [6.07, 6.45) is 0.626. The Hall–Kier alpha value is -0.260. The van der Waals surface area contributed by atoms with Crippen molar-refractivity contribution in [3.8, 4) is 0 Å². The number of benzene rings is 1. The van der Waals surface area contributed by atoms with E-state index < -0.39 is 10.0 Å². The molecule has 0 unspecified atom stereocenters. The van der Waals surface area contributed by atoms with E-state index in [4.69, 9.17) is 11.6 Å². The van der Waals surface area contributed by atoms with E-state index in [9.17, 15) is 8.42 Å². The summed E-state index contributed by atoms with van der Waals surface area (Å²) in [6.45, 7) is 3.98. The Morgan fingerprint density at radius 2 is 2.06 bits per heavy atom. The van der Waals surface area contributed by atoms with E-state index in [1.807, 2.05) is 13.8 Å². The molecule has 0 saturated carbocycles. The average Bonchev–Trinajstić information content (AvgIpc) is 2.20. The van der Waals surface area contributed by atoms with Gasteiger partial charge >= 0.3 is 0 Å². The molecule has 1 N–H and O–H groups in total. The number of nitrogens with one attached hydrogen (secondary N) is 1. The highest BCUT2D eigenvalue weighted by atomic mass is 79.9. The van der Waals surface area contributed by atoms with Crippen LogP contribution in [0.3, 0.4) is 0 Å². The fourth-order valence-electron chi connectivity index (χ4n) is 1.19. The van der Waals surface area contributed by atoms with Gasteiger partial charge in [-0.3, -0.25) is 4.72 Å². The van der Waals surface area contributed by atoms with Crippen molar-refractivity contribution < 1.29 is 8.42 Å². The molecule has 0 bridgehead atoms. The van der Waals surface area contributed by atoms with Crippen LogP contribution in [0.4, 0.5) is 5.69 Å². The lowest BCUT2D eigenvalue weighted by molar-refractivity contribution is 0.578. The normalized spacial score (nSPS) is 11.8. The first-order valence-electron chi connectivity index (χ1n) is 5.26. The summed E-state index contributed by atoms with van der Waals surface area (Å²) in [5.74, 6) is 0.456. The molecule has 6 heteroatoms. The van der Waals surface area contributed by atoms with Crippen LogP contribution in [-0.2, 0) is 10.0 Å². The Labute approximate surface area is 116 Å². The van der Waals surface area contributed by atoms with Gasteiger partial charge in [-0.25, -0.2) is 8.42 Å². The third kappa shape index (κ3) is 5.27. The zero-order valence-corrected chi connectivity index (χ0v) is 12.9. The number of hydrogen-bond acceptors (Lipinski definition) is 2. The highest BCUT2D eigenvalue weighted by molar-refractivity contribution is 9.10. The van der Waals surface area contributed by atoms with E-state index in [0.29, 0.717) is 23.0 Å². The van der Waals surface area contributed by atoms with Gasteiger partial charge in [0, 0.05) is 4.47 Å². The van der Waals surface area contributed by atoms with Crippen LogP contribution >= 0.6 is 27.5 Å². The molecule has 1 aromatic carbocycles. The Bertz CT molecular complexity index is 488. The van der Waals surface area contributed by atoms with Crippen LogP contribution in [0, 0.1) is 5.92 Å². The van der Waals surface area contributed by atoms with Crippen LogP contribution in [-0.4, -0.2) is 14.2 Å². The van der Waals surface area contributed by atoms with Gasteiger partial charge in [-0.1, -0.05) is 41.4 Å². The third-order valence-corrected chi connectivity index (χ3v) is 4.28. The molecule has 1 rings (SSSR count). The quantitative estimate of drug-likeness (QED) is 0.884. The molecule has 0 aliphatic carbocycles. The van der Waals surface area contributed by atoms with Crippen LogP contribution < -0.4 is 4.72 Å². The maximum absolute atomic E-state index is 11.8. The van der Waals surface area contributed by atoms with Crippen LogP contribution in [0.5, 0.6) is 0 Å². The van der Waals surface area contributed by atoms with Crippen LogP contribution in [0.25, 0.3) is 0 Å². The summed E-state index contributed by atoms with van der Waals surface area (Å²) in [6, 6.07) is 5.05. The molecule has 3 nitrogen and oxygen atoms in total. The molecule has 17 heavy (non-hydrogen) atoms. The number of sulfonamides is 1. The third-order valence-electron chi connectivity index (χ3n) is 2.16. The van der Waals surface area contributed by atoms with E-state index in [-0.39, 0.29) is 5.75 Å². The summed E-state index contributed by atoms with van der Waals surface area (Å²) >= 11 is 9.19. The lowest BCUT2D eigenvalue weighted by Crippen LogP contribution is -2.18. The van der Waals surface area contributed by atoms with Gasteiger partial charge in [0.1, 0.15) is 0 Å². The lowest BCUT2D eigenvalue weighted by Gasteiger charge is -2.11. The second-order valence-corrected chi connectivity index (χ2v) is 7.39. The predicted molar refractivity (Wildman–Crippen MR) is 76.0 cm³/mol. The van der Waals surface area contributed by atoms with Crippen LogP contribution in [0.15, 0.2) is 22.7 Å². The number of hydrogen-bond donors (Lipinski definition) is 1. The maximum Gasteiger partial charge on any atom is 0.232 e. The summed E-state index contributed by atoms with van der Waals surface area (Å²) < 4.78 is 26.8. The molecule has 0 radical (unpaired) electrons. The van der Waals surface area contributed by atoms with Gasteiger partial charge in [0.25, 0.3) is 0 Å². The monoisotopic (exact) mass is 339 g/mol. The standard InChI is InChI=1S/C11H15BrClNO2S/c1-8(2)5-6-17(15,16)14-11-7-9(12)3-4-10(11)13/h3-4,7-8,14H,5-6H2,1-2H3. The largest absolute Gasteiger partial charge is 0.282 e. The van der Waals surface area contributed by atoms with Gasteiger partial charge in [-0.05, 0) is 30.5 Å². The van der Waals surface area contributed by atoms with Crippen molar-refractivity contribution in [2.75, 3.05) is 10.5 Å². The number of anilines is 1. The molecule has 0 aromatic heterocycles. The van der Waals surface area contributed by atoms with E-state index in [1.165, 1.54) is 0 Å². The molecule has 0 fully saturated rings. The fraction of sp³-hybridized carbons (Fsp3) is 0.455. The van der Waals surface area contributed by atoms with Gasteiger partial charge in [-0.15, -0.1) is 0 Å². The summed E-state index contributed by atoms with van der Waals surface area (Å²) in [4.78, 5) is 0. The molecule has 1 aromatic rings. The molecule has 0 atom stereocenters. The molecule has 0 heterocycles. The van der Waals surface area contributed by atoms with E-state index in [2.05, 4.69) is 20.7 Å². The molecule has 0 aliphatic rings. The van der Waals surface area contributed by atoms with Gasteiger partial charge in [-0.2, -0.15) is 0 Å². The molecule has 0 amide bonds. The minimum absolute atomic E-state index is 0.105. The topological polar surface area (TPSA) is 46.2 Å². The molecular weight excluding hydrogens is 326 g/mol. The second-order valence-electron chi connectivity index (χ2n) is 4.23.